The summed E-state index contributed by atoms with van der Waals surface area (Å²) in [6.07, 6.45) is 0.355. The Morgan fingerprint density at radius 3 is 2.05 bits per heavy atom. The van der Waals surface area contributed by atoms with E-state index in [0.29, 0.717) is 25.3 Å². The molecule has 4 aromatic rings. The molecule has 0 spiro atoms. The lowest BCUT2D eigenvalue weighted by atomic mass is 9.87. The summed E-state index contributed by atoms with van der Waals surface area (Å²) in [6.45, 7) is 0.821. The summed E-state index contributed by atoms with van der Waals surface area (Å²) in [5, 5.41) is 1.71. The van der Waals surface area contributed by atoms with E-state index in [-0.39, 0.29) is 29.7 Å². The SMILES string of the molecule is Fc1ccccc1.O=C1OCC[C@@H]2ON(c3ccc(F)cc3)C(c3ccc(OCc4ccccc4)cc3)C12. The Morgan fingerprint density at radius 2 is 1.42 bits per heavy atom. The van der Waals surface area contributed by atoms with Crippen LogP contribution < -0.4 is 9.80 Å². The second-order valence-corrected chi connectivity index (χ2v) is 9.01. The molecule has 4 aromatic carbocycles. The van der Waals surface area contributed by atoms with Gasteiger partial charge in [-0.05, 0) is 59.7 Å². The highest BCUT2D eigenvalue weighted by Gasteiger charge is 2.51. The van der Waals surface area contributed by atoms with Crippen LogP contribution in [0.15, 0.2) is 109 Å². The number of hydroxylamine groups is 1. The molecular weight excluding hydrogens is 488 g/mol. The van der Waals surface area contributed by atoms with Crippen LogP contribution in [0.3, 0.4) is 0 Å². The van der Waals surface area contributed by atoms with Crippen molar-refractivity contribution in [3.63, 3.8) is 0 Å². The summed E-state index contributed by atoms with van der Waals surface area (Å²) in [4.78, 5) is 18.7. The summed E-state index contributed by atoms with van der Waals surface area (Å²) in [7, 11) is 0. The minimum atomic E-state index is -0.449. The molecule has 6 rings (SSSR count). The fraction of sp³-hybridized carbons (Fsp3) is 0.194. The van der Waals surface area contributed by atoms with Crippen LogP contribution >= 0.6 is 0 Å². The predicted octanol–water partition coefficient (Wildman–Crippen LogP) is 6.66. The number of nitrogens with zero attached hydrogens (tertiary/aromatic N) is 1. The van der Waals surface area contributed by atoms with Gasteiger partial charge in [-0.2, -0.15) is 0 Å². The number of carbonyl (C=O) groups excluding carboxylic acids is 1. The van der Waals surface area contributed by atoms with Gasteiger partial charge in [0.25, 0.3) is 0 Å². The van der Waals surface area contributed by atoms with Crippen LogP contribution in [0.25, 0.3) is 0 Å². The molecule has 0 bridgehead atoms. The topological polar surface area (TPSA) is 48.0 Å². The van der Waals surface area contributed by atoms with Gasteiger partial charge in [-0.25, -0.2) is 13.8 Å². The maximum atomic E-state index is 13.4. The Bertz CT molecular complexity index is 1320. The first kappa shape index (κ1) is 25.4. The Morgan fingerprint density at radius 1 is 0.789 bits per heavy atom. The third kappa shape index (κ3) is 6.01. The van der Waals surface area contributed by atoms with Crippen LogP contribution in [0, 0.1) is 17.6 Å². The lowest BCUT2D eigenvalue weighted by Crippen LogP contribution is -2.36. The summed E-state index contributed by atoms with van der Waals surface area (Å²) in [5.41, 5.74) is 2.69. The first-order valence-corrected chi connectivity index (χ1v) is 12.4. The number of hydrogen-bond donors (Lipinski definition) is 0. The Balaban J connectivity index is 0.000000366. The van der Waals surface area contributed by atoms with E-state index in [4.69, 9.17) is 14.3 Å². The number of anilines is 1. The Hall–Kier alpha value is -4.23. The smallest absolute Gasteiger partial charge is 0.314 e. The zero-order chi connectivity index (χ0) is 26.3. The van der Waals surface area contributed by atoms with Gasteiger partial charge in [0.15, 0.2) is 0 Å². The Labute approximate surface area is 220 Å². The predicted molar refractivity (Wildman–Crippen MR) is 139 cm³/mol. The number of esters is 1. The van der Waals surface area contributed by atoms with Crippen molar-refractivity contribution in [2.75, 3.05) is 11.7 Å². The van der Waals surface area contributed by atoms with Gasteiger partial charge in [-0.15, -0.1) is 0 Å². The van der Waals surface area contributed by atoms with Crippen molar-refractivity contribution >= 4 is 11.7 Å². The summed E-state index contributed by atoms with van der Waals surface area (Å²) in [5.74, 6) is -0.480. The zero-order valence-electron chi connectivity index (χ0n) is 20.6. The lowest BCUT2D eigenvalue weighted by molar-refractivity contribution is -0.157. The number of halogens is 2. The molecule has 0 saturated carbocycles. The maximum Gasteiger partial charge on any atom is 0.314 e. The highest BCUT2D eigenvalue weighted by atomic mass is 19.1. The molecule has 2 aliphatic rings. The van der Waals surface area contributed by atoms with Gasteiger partial charge in [0.2, 0.25) is 0 Å². The van der Waals surface area contributed by atoms with E-state index >= 15 is 0 Å². The third-order valence-corrected chi connectivity index (χ3v) is 6.45. The van der Waals surface area contributed by atoms with Crippen LogP contribution in [0.2, 0.25) is 0 Å². The monoisotopic (exact) mass is 515 g/mol. The molecule has 2 aliphatic heterocycles. The van der Waals surface area contributed by atoms with Crippen molar-refractivity contribution < 1.29 is 27.9 Å². The highest BCUT2D eigenvalue weighted by Crippen LogP contribution is 2.45. The summed E-state index contributed by atoms with van der Waals surface area (Å²) in [6, 6.07) is 31.3. The van der Waals surface area contributed by atoms with Crippen LogP contribution in [-0.2, 0) is 21.0 Å². The highest BCUT2D eigenvalue weighted by molar-refractivity contribution is 5.77. The van der Waals surface area contributed by atoms with E-state index < -0.39 is 5.92 Å². The van der Waals surface area contributed by atoms with Gasteiger partial charge in [0, 0.05) is 6.42 Å². The second-order valence-electron chi connectivity index (χ2n) is 9.01. The molecule has 0 aromatic heterocycles. The van der Waals surface area contributed by atoms with Crippen molar-refractivity contribution in [2.45, 2.75) is 25.2 Å². The fourth-order valence-corrected chi connectivity index (χ4v) is 4.58. The van der Waals surface area contributed by atoms with Crippen molar-refractivity contribution in [3.8, 4) is 5.75 Å². The summed E-state index contributed by atoms with van der Waals surface area (Å²) < 4.78 is 36.6. The molecule has 38 heavy (non-hydrogen) atoms. The van der Waals surface area contributed by atoms with Gasteiger partial charge in [-0.1, -0.05) is 60.7 Å². The normalized spacial score (nSPS) is 20.1. The average Bonchev–Trinajstić information content (AvgIpc) is 3.35. The molecule has 2 fully saturated rings. The first-order chi connectivity index (χ1) is 18.6. The number of carbonyl (C=O) groups is 1. The number of rotatable bonds is 5. The molecule has 2 unspecified atom stereocenters. The molecule has 0 N–H and O–H groups in total. The number of fused-ring (bicyclic) bond motifs is 1. The molecule has 2 heterocycles. The number of ether oxygens (including phenoxy) is 2. The molecule has 0 amide bonds. The Kier molecular flexibility index (Phi) is 7.95. The minimum absolute atomic E-state index is 0.178. The molecular formula is C31H27F2NO4. The van der Waals surface area contributed by atoms with Crippen molar-refractivity contribution in [3.05, 3.63) is 132 Å². The first-order valence-electron chi connectivity index (χ1n) is 12.4. The van der Waals surface area contributed by atoms with E-state index in [1.54, 1.807) is 35.4 Å². The van der Waals surface area contributed by atoms with Crippen molar-refractivity contribution in [1.29, 1.82) is 0 Å². The van der Waals surface area contributed by atoms with Gasteiger partial charge in [-0.3, -0.25) is 9.63 Å². The molecule has 194 valence electrons. The van der Waals surface area contributed by atoms with E-state index in [1.807, 2.05) is 54.6 Å². The standard InChI is InChI=1S/C25H22FNO4.C6H5F/c26-19-8-10-20(11-9-19)27-24(23-22(31-27)14-15-29-25(23)28)18-6-12-21(13-7-18)30-16-17-4-2-1-3-5-17;7-6-4-2-1-3-5-6/h1-13,22-24H,14-16H2;1-5H/t22-,23?,24?;/m0./s1. The van der Waals surface area contributed by atoms with Gasteiger partial charge < -0.3 is 9.47 Å². The number of cyclic esters (lactones) is 1. The number of hydrogen-bond acceptors (Lipinski definition) is 5. The van der Waals surface area contributed by atoms with Gasteiger partial charge in [0.05, 0.1) is 18.3 Å². The third-order valence-electron chi connectivity index (χ3n) is 6.45. The van der Waals surface area contributed by atoms with E-state index in [1.165, 1.54) is 24.3 Å². The molecule has 0 radical (unpaired) electrons. The van der Waals surface area contributed by atoms with Crippen LogP contribution in [0.5, 0.6) is 5.75 Å². The molecule has 0 aliphatic carbocycles. The largest absolute Gasteiger partial charge is 0.489 e. The lowest BCUT2D eigenvalue weighted by Gasteiger charge is -2.27. The van der Waals surface area contributed by atoms with Crippen molar-refractivity contribution in [2.24, 2.45) is 5.92 Å². The van der Waals surface area contributed by atoms with Crippen LogP contribution in [0.4, 0.5) is 14.5 Å². The minimum Gasteiger partial charge on any atom is -0.489 e. The van der Waals surface area contributed by atoms with Gasteiger partial charge >= 0.3 is 5.97 Å². The van der Waals surface area contributed by atoms with Gasteiger partial charge in [0.1, 0.15) is 36.0 Å². The molecule has 7 heteroatoms. The zero-order valence-corrected chi connectivity index (χ0v) is 20.6. The van der Waals surface area contributed by atoms with Crippen LogP contribution in [-0.4, -0.2) is 18.7 Å². The van der Waals surface area contributed by atoms with Crippen LogP contribution in [0.1, 0.15) is 23.6 Å². The van der Waals surface area contributed by atoms with Crippen molar-refractivity contribution in [1.82, 2.24) is 0 Å². The molecule has 5 nitrogen and oxygen atoms in total. The van der Waals surface area contributed by atoms with E-state index in [9.17, 15) is 13.6 Å². The molecule has 3 atom stereocenters. The number of benzene rings is 4. The molecule has 2 saturated heterocycles. The average molecular weight is 516 g/mol. The maximum absolute atomic E-state index is 13.4. The fourth-order valence-electron chi connectivity index (χ4n) is 4.58. The van der Waals surface area contributed by atoms with E-state index in [2.05, 4.69) is 0 Å². The quantitative estimate of drug-likeness (QED) is 0.278. The second kappa shape index (κ2) is 11.9. The van der Waals surface area contributed by atoms with E-state index in [0.717, 1.165) is 16.9 Å². The summed E-state index contributed by atoms with van der Waals surface area (Å²) >= 11 is 0.